The van der Waals surface area contributed by atoms with Crippen molar-refractivity contribution in [2.75, 3.05) is 0 Å². The summed E-state index contributed by atoms with van der Waals surface area (Å²) in [5.74, 6) is 0.648. The molecule has 2 aromatic carbocycles. The minimum atomic E-state index is -4.73. The van der Waals surface area contributed by atoms with E-state index in [1.165, 1.54) is 35.3 Å². The van der Waals surface area contributed by atoms with Gasteiger partial charge in [-0.2, -0.15) is 0 Å². The third-order valence-corrected chi connectivity index (χ3v) is 3.61. The number of benzene rings is 2. The first kappa shape index (κ1) is 18.4. The highest BCUT2D eigenvalue weighted by Crippen LogP contribution is 2.23. The lowest BCUT2D eigenvalue weighted by Crippen LogP contribution is -2.17. The third-order valence-electron chi connectivity index (χ3n) is 3.61. The zero-order chi connectivity index (χ0) is 19.4. The molecule has 6 nitrogen and oxygen atoms in total. The van der Waals surface area contributed by atoms with Gasteiger partial charge in [0, 0.05) is 5.56 Å². The van der Waals surface area contributed by atoms with Crippen LogP contribution in [0.15, 0.2) is 48.8 Å². The van der Waals surface area contributed by atoms with Crippen molar-refractivity contribution in [3.8, 4) is 17.2 Å². The quantitative estimate of drug-likeness (QED) is 0.610. The number of rotatable bonds is 6. The minimum absolute atomic E-state index is 0.0993. The summed E-state index contributed by atoms with van der Waals surface area (Å²) in [6, 6.07) is 10.3. The summed E-state index contributed by atoms with van der Waals surface area (Å²) in [6.45, 7) is 1.90. The van der Waals surface area contributed by atoms with Crippen LogP contribution in [0.5, 0.6) is 11.5 Å². The summed E-state index contributed by atoms with van der Waals surface area (Å²) < 4.78 is 47.4. The normalized spacial score (nSPS) is 11.3. The van der Waals surface area contributed by atoms with Crippen LogP contribution in [-0.2, 0) is 6.61 Å². The molecular weight excluding hydrogens is 363 g/mol. The van der Waals surface area contributed by atoms with Gasteiger partial charge in [-0.05, 0) is 55.0 Å². The smallest absolute Gasteiger partial charge is 0.486 e. The van der Waals surface area contributed by atoms with Gasteiger partial charge in [0.25, 0.3) is 0 Å². The van der Waals surface area contributed by atoms with Gasteiger partial charge in [-0.25, -0.2) is 9.67 Å². The van der Waals surface area contributed by atoms with Crippen LogP contribution in [-0.4, -0.2) is 27.4 Å². The van der Waals surface area contributed by atoms with Crippen molar-refractivity contribution < 1.29 is 27.4 Å². The molecule has 1 aromatic heterocycles. The van der Waals surface area contributed by atoms with E-state index >= 15 is 0 Å². The monoisotopic (exact) mass is 377 g/mol. The highest BCUT2D eigenvalue weighted by atomic mass is 19.4. The first-order valence-electron chi connectivity index (χ1n) is 7.79. The summed E-state index contributed by atoms with van der Waals surface area (Å²) in [7, 11) is 0. The lowest BCUT2D eigenvalue weighted by Gasteiger charge is -2.09. The zero-order valence-corrected chi connectivity index (χ0v) is 14.1. The van der Waals surface area contributed by atoms with Crippen molar-refractivity contribution in [3.05, 3.63) is 65.7 Å². The van der Waals surface area contributed by atoms with Gasteiger partial charge >= 0.3 is 6.36 Å². The molecule has 0 aliphatic rings. The average Bonchev–Trinajstić information content (AvgIpc) is 3.08. The molecule has 0 aliphatic heterocycles. The maximum Gasteiger partial charge on any atom is 0.573 e. The number of carbonyl (C=O) groups excluding carboxylic acids is 1. The molecule has 3 aromatic rings. The van der Waals surface area contributed by atoms with Crippen molar-refractivity contribution in [1.82, 2.24) is 14.8 Å². The van der Waals surface area contributed by atoms with Gasteiger partial charge in [0.2, 0.25) is 0 Å². The Balaban J connectivity index is 1.64. The fourth-order valence-electron chi connectivity index (χ4n) is 2.31. The zero-order valence-electron chi connectivity index (χ0n) is 14.1. The number of aldehydes is 1. The molecule has 1 heterocycles. The van der Waals surface area contributed by atoms with Crippen LogP contribution in [0.1, 0.15) is 21.7 Å². The Bertz CT molecular complexity index is 937. The number of ether oxygens (including phenoxy) is 2. The number of alkyl halides is 3. The van der Waals surface area contributed by atoms with Gasteiger partial charge < -0.3 is 9.47 Å². The Hall–Kier alpha value is -3.36. The first-order chi connectivity index (χ1) is 12.8. The molecule has 0 bridgehead atoms. The van der Waals surface area contributed by atoms with E-state index in [0.717, 1.165) is 11.8 Å². The van der Waals surface area contributed by atoms with Gasteiger partial charge in [-0.3, -0.25) is 4.79 Å². The molecule has 0 aliphatic carbocycles. The molecule has 0 amide bonds. The largest absolute Gasteiger partial charge is 0.573 e. The van der Waals surface area contributed by atoms with Crippen molar-refractivity contribution >= 4 is 6.29 Å². The standard InChI is InChI=1S/C18H14F3N3O3/c1-12-8-16(5-2-13(12)9-25)26-10-17-22-11-24(23-17)14-3-6-15(7-4-14)27-18(19,20)21/h2-9,11H,10H2,1H3. The van der Waals surface area contributed by atoms with E-state index in [1.807, 2.05) is 0 Å². The summed E-state index contributed by atoms with van der Waals surface area (Å²) in [5.41, 5.74) is 1.90. The number of aromatic nitrogens is 3. The van der Waals surface area contributed by atoms with E-state index in [9.17, 15) is 18.0 Å². The second kappa shape index (κ2) is 7.48. The first-order valence-corrected chi connectivity index (χ1v) is 7.79. The third kappa shape index (κ3) is 4.84. The summed E-state index contributed by atoms with van der Waals surface area (Å²) in [5, 5.41) is 4.22. The van der Waals surface area contributed by atoms with Crippen LogP contribution in [0.2, 0.25) is 0 Å². The molecule has 0 N–H and O–H groups in total. The highest BCUT2D eigenvalue weighted by molar-refractivity contribution is 5.77. The molecule has 9 heteroatoms. The van der Waals surface area contributed by atoms with Crippen LogP contribution in [0.25, 0.3) is 5.69 Å². The van der Waals surface area contributed by atoms with Crippen molar-refractivity contribution in [1.29, 1.82) is 0 Å². The molecular formula is C18H14F3N3O3. The predicted octanol–water partition coefficient (Wildman–Crippen LogP) is 3.87. The molecule has 27 heavy (non-hydrogen) atoms. The number of hydrogen-bond acceptors (Lipinski definition) is 5. The molecule has 3 rings (SSSR count). The van der Waals surface area contributed by atoms with Crippen molar-refractivity contribution in [2.45, 2.75) is 19.9 Å². The second-order valence-electron chi connectivity index (χ2n) is 5.57. The SMILES string of the molecule is Cc1cc(OCc2ncn(-c3ccc(OC(F)(F)F)cc3)n2)ccc1C=O. The molecule has 0 saturated heterocycles. The van der Waals surface area contributed by atoms with Gasteiger partial charge in [-0.1, -0.05) is 0 Å². The number of carbonyl (C=O) groups is 1. The van der Waals surface area contributed by atoms with Crippen molar-refractivity contribution in [2.24, 2.45) is 0 Å². The average molecular weight is 377 g/mol. The molecule has 0 spiro atoms. The Labute approximate surface area is 152 Å². The van der Waals surface area contributed by atoms with Crippen LogP contribution in [0.3, 0.4) is 0 Å². The van der Waals surface area contributed by atoms with E-state index in [2.05, 4.69) is 14.8 Å². The summed E-state index contributed by atoms with van der Waals surface area (Å²) >= 11 is 0. The van der Waals surface area contributed by atoms with Gasteiger partial charge in [-0.15, -0.1) is 18.3 Å². The topological polar surface area (TPSA) is 66.2 Å². The molecule has 0 fully saturated rings. The Morgan fingerprint density at radius 3 is 2.44 bits per heavy atom. The van der Waals surface area contributed by atoms with Crippen LogP contribution >= 0.6 is 0 Å². The Morgan fingerprint density at radius 2 is 1.81 bits per heavy atom. The highest BCUT2D eigenvalue weighted by Gasteiger charge is 2.30. The molecule has 0 atom stereocenters. The van der Waals surface area contributed by atoms with Gasteiger partial charge in [0.05, 0.1) is 5.69 Å². The number of nitrogens with zero attached hydrogens (tertiary/aromatic N) is 3. The second-order valence-corrected chi connectivity index (χ2v) is 5.57. The number of aryl methyl sites for hydroxylation is 1. The van der Waals surface area contributed by atoms with E-state index in [-0.39, 0.29) is 12.4 Å². The van der Waals surface area contributed by atoms with Gasteiger partial charge in [0.1, 0.15) is 30.7 Å². The van der Waals surface area contributed by atoms with E-state index in [4.69, 9.17) is 4.74 Å². The van der Waals surface area contributed by atoms with Crippen LogP contribution < -0.4 is 9.47 Å². The van der Waals surface area contributed by atoms with Crippen LogP contribution in [0, 0.1) is 6.92 Å². The Morgan fingerprint density at radius 1 is 1.11 bits per heavy atom. The number of hydrogen-bond donors (Lipinski definition) is 0. The maximum absolute atomic E-state index is 12.2. The van der Waals surface area contributed by atoms with E-state index in [1.54, 1.807) is 25.1 Å². The lowest BCUT2D eigenvalue weighted by molar-refractivity contribution is -0.274. The minimum Gasteiger partial charge on any atom is -0.486 e. The van der Waals surface area contributed by atoms with Gasteiger partial charge in [0.15, 0.2) is 5.82 Å². The summed E-state index contributed by atoms with van der Waals surface area (Å²) in [6.07, 6.45) is -2.53. The van der Waals surface area contributed by atoms with Crippen LogP contribution in [0.4, 0.5) is 13.2 Å². The summed E-state index contributed by atoms with van der Waals surface area (Å²) in [4.78, 5) is 14.9. The molecule has 0 radical (unpaired) electrons. The predicted molar refractivity (Wildman–Crippen MR) is 88.9 cm³/mol. The number of halogens is 3. The molecule has 0 saturated carbocycles. The fraction of sp³-hybridized carbons (Fsp3) is 0.167. The fourth-order valence-corrected chi connectivity index (χ4v) is 2.31. The van der Waals surface area contributed by atoms with E-state index < -0.39 is 6.36 Å². The molecule has 0 unspecified atom stereocenters. The lowest BCUT2D eigenvalue weighted by atomic mass is 10.1. The van der Waals surface area contributed by atoms with E-state index in [0.29, 0.717) is 22.8 Å². The Kier molecular flexibility index (Phi) is 5.11. The maximum atomic E-state index is 12.2. The molecule has 140 valence electrons. The van der Waals surface area contributed by atoms with Crippen molar-refractivity contribution in [3.63, 3.8) is 0 Å².